The third-order valence-corrected chi connectivity index (χ3v) is 4.34. The number of aromatic hydroxyl groups is 1. The minimum absolute atomic E-state index is 0.0400. The summed E-state index contributed by atoms with van der Waals surface area (Å²) in [5.74, 6) is -0.0400. The molecule has 21 heavy (non-hydrogen) atoms. The summed E-state index contributed by atoms with van der Waals surface area (Å²) in [5, 5.41) is 11.1. The standard InChI is InChI=1S/C15H10Cl2N2OS/c1-8-2-3-12-13(4-8)21-15(19-12)18-7-9-5-10(16)6-11(17)14(9)20/h2-7,20H,1H3/b18-7+. The molecule has 0 aliphatic carbocycles. The zero-order valence-electron chi connectivity index (χ0n) is 11.0. The molecule has 0 bridgehead atoms. The normalized spacial score (nSPS) is 11.6. The number of nitrogens with zero attached hydrogens (tertiary/aromatic N) is 2. The number of aromatic nitrogens is 1. The maximum absolute atomic E-state index is 9.88. The predicted octanol–water partition coefficient (Wildman–Crippen LogP) is 5.37. The Labute approximate surface area is 135 Å². The van der Waals surface area contributed by atoms with Crippen molar-refractivity contribution < 1.29 is 5.11 Å². The molecular formula is C15H10Cl2N2OS. The topological polar surface area (TPSA) is 45.5 Å². The smallest absolute Gasteiger partial charge is 0.210 e. The molecule has 3 nitrogen and oxygen atoms in total. The first-order chi connectivity index (χ1) is 10.0. The molecule has 106 valence electrons. The Balaban J connectivity index is 1.98. The van der Waals surface area contributed by atoms with Crippen LogP contribution >= 0.6 is 34.5 Å². The molecule has 3 aromatic rings. The summed E-state index contributed by atoms with van der Waals surface area (Å²) in [5.41, 5.74) is 2.55. The fourth-order valence-electron chi connectivity index (χ4n) is 1.88. The van der Waals surface area contributed by atoms with Crippen molar-refractivity contribution in [1.82, 2.24) is 4.98 Å². The van der Waals surface area contributed by atoms with E-state index in [1.54, 1.807) is 6.07 Å². The quantitative estimate of drug-likeness (QED) is 0.639. The summed E-state index contributed by atoms with van der Waals surface area (Å²) >= 11 is 13.3. The Morgan fingerprint density at radius 2 is 2.05 bits per heavy atom. The molecule has 1 N–H and O–H groups in total. The van der Waals surface area contributed by atoms with E-state index in [1.165, 1.54) is 29.2 Å². The van der Waals surface area contributed by atoms with Crippen LogP contribution in [0.25, 0.3) is 10.2 Å². The minimum atomic E-state index is -0.0400. The van der Waals surface area contributed by atoms with Crippen LogP contribution in [0.4, 0.5) is 5.13 Å². The van der Waals surface area contributed by atoms with Gasteiger partial charge in [-0.1, -0.05) is 40.6 Å². The molecule has 0 saturated heterocycles. The highest BCUT2D eigenvalue weighted by molar-refractivity contribution is 7.22. The molecule has 3 rings (SSSR count). The molecule has 0 fully saturated rings. The third kappa shape index (κ3) is 3.02. The SMILES string of the molecule is Cc1ccc2nc(/N=C/c3cc(Cl)cc(Cl)c3O)sc2c1. The Morgan fingerprint density at radius 1 is 1.24 bits per heavy atom. The van der Waals surface area contributed by atoms with Gasteiger partial charge in [-0.3, -0.25) is 0 Å². The average Bonchev–Trinajstić information content (AvgIpc) is 2.83. The van der Waals surface area contributed by atoms with Crippen molar-refractivity contribution in [2.24, 2.45) is 4.99 Å². The van der Waals surface area contributed by atoms with Crippen LogP contribution in [0.3, 0.4) is 0 Å². The Hall–Kier alpha value is -1.62. The number of fused-ring (bicyclic) bond motifs is 1. The lowest BCUT2D eigenvalue weighted by molar-refractivity contribution is 0.475. The van der Waals surface area contributed by atoms with Gasteiger partial charge in [-0.2, -0.15) is 0 Å². The van der Waals surface area contributed by atoms with Crippen molar-refractivity contribution in [3.05, 3.63) is 51.5 Å². The molecule has 0 amide bonds. The molecule has 0 unspecified atom stereocenters. The lowest BCUT2D eigenvalue weighted by atomic mass is 10.2. The van der Waals surface area contributed by atoms with Gasteiger partial charge in [0.1, 0.15) is 5.75 Å². The van der Waals surface area contributed by atoms with Gasteiger partial charge in [0.25, 0.3) is 0 Å². The second-order valence-electron chi connectivity index (χ2n) is 4.55. The van der Waals surface area contributed by atoms with Crippen molar-refractivity contribution in [3.63, 3.8) is 0 Å². The number of aliphatic imine (C=N–C) groups is 1. The number of benzene rings is 2. The van der Waals surface area contributed by atoms with Gasteiger partial charge >= 0.3 is 0 Å². The van der Waals surface area contributed by atoms with Gasteiger partial charge in [-0.15, -0.1) is 0 Å². The first-order valence-corrected chi connectivity index (χ1v) is 7.69. The molecule has 0 aliphatic heterocycles. The highest BCUT2D eigenvalue weighted by Gasteiger charge is 2.07. The third-order valence-electron chi connectivity index (χ3n) is 2.90. The maximum Gasteiger partial charge on any atom is 0.210 e. The second-order valence-corrected chi connectivity index (χ2v) is 6.40. The number of phenolic OH excluding ortho intramolecular Hbond substituents is 1. The summed E-state index contributed by atoms with van der Waals surface area (Å²) < 4.78 is 1.08. The van der Waals surface area contributed by atoms with Crippen LogP contribution in [0.2, 0.25) is 10.0 Å². The number of hydrogen-bond acceptors (Lipinski definition) is 4. The van der Waals surface area contributed by atoms with Crippen LogP contribution in [0.15, 0.2) is 35.3 Å². The summed E-state index contributed by atoms with van der Waals surface area (Å²) in [4.78, 5) is 8.71. The van der Waals surface area contributed by atoms with Crippen LogP contribution in [-0.4, -0.2) is 16.3 Å². The van der Waals surface area contributed by atoms with Crippen molar-refractivity contribution >= 4 is 56.1 Å². The number of rotatable bonds is 2. The molecule has 6 heteroatoms. The summed E-state index contributed by atoms with van der Waals surface area (Å²) in [6, 6.07) is 9.13. The summed E-state index contributed by atoms with van der Waals surface area (Å²) in [7, 11) is 0. The average molecular weight is 337 g/mol. The zero-order valence-corrected chi connectivity index (χ0v) is 13.3. The Bertz CT molecular complexity index is 858. The van der Waals surface area contributed by atoms with Crippen molar-refractivity contribution in [2.75, 3.05) is 0 Å². The first-order valence-electron chi connectivity index (χ1n) is 6.12. The Kier molecular flexibility index (Phi) is 3.85. The van der Waals surface area contributed by atoms with E-state index >= 15 is 0 Å². The van der Waals surface area contributed by atoms with Gasteiger partial charge in [0.2, 0.25) is 5.13 Å². The van der Waals surface area contributed by atoms with Crippen LogP contribution in [0, 0.1) is 6.92 Å². The monoisotopic (exact) mass is 336 g/mol. The molecule has 1 aromatic heterocycles. The zero-order chi connectivity index (χ0) is 15.0. The van der Waals surface area contributed by atoms with E-state index in [2.05, 4.69) is 16.0 Å². The van der Waals surface area contributed by atoms with E-state index in [0.717, 1.165) is 10.2 Å². The predicted molar refractivity (Wildman–Crippen MR) is 89.7 cm³/mol. The maximum atomic E-state index is 9.88. The van der Waals surface area contributed by atoms with Crippen molar-refractivity contribution in [3.8, 4) is 5.75 Å². The molecule has 1 heterocycles. The minimum Gasteiger partial charge on any atom is -0.506 e. The highest BCUT2D eigenvalue weighted by atomic mass is 35.5. The van der Waals surface area contributed by atoms with Crippen LogP contribution in [-0.2, 0) is 0 Å². The van der Waals surface area contributed by atoms with Crippen LogP contribution in [0.5, 0.6) is 5.75 Å². The molecule has 0 radical (unpaired) electrons. The van der Waals surface area contributed by atoms with E-state index in [-0.39, 0.29) is 10.8 Å². The summed E-state index contributed by atoms with van der Waals surface area (Å²) in [6.45, 7) is 2.04. The molecule has 0 saturated carbocycles. The fraction of sp³-hybridized carbons (Fsp3) is 0.0667. The van der Waals surface area contributed by atoms with Crippen molar-refractivity contribution in [2.45, 2.75) is 6.92 Å². The first kappa shape index (κ1) is 14.3. The lowest BCUT2D eigenvalue weighted by Crippen LogP contribution is -1.83. The van der Waals surface area contributed by atoms with Crippen LogP contribution < -0.4 is 0 Å². The van der Waals surface area contributed by atoms with Gasteiger partial charge < -0.3 is 5.11 Å². The Morgan fingerprint density at radius 3 is 2.86 bits per heavy atom. The summed E-state index contributed by atoms with van der Waals surface area (Å²) in [6.07, 6.45) is 1.51. The van der Waals surface area contributed by atoms with E-state index in [1.807, 2.05) is 19.1 Å². The van der Waals surface area contributed by atoms with E-state index < -0.39 is 0 Å². The fourth-order valence-corrected chi connectivity index (χ4v) is 3.30. The van der Waals surface area contributed by atoms with E-state index in [0.29, 0.717) is 15.7 Å². The molecule has 0 atom stereocenters. The molecule has 2 aromatic carbocycles. The highest BCUT2D eigenvalue weighted by Crippen LogP contribution is 2.32. The number of halogens is 2. The van der Waals surface area contributed by atoms with Gasteiger partial charge in [0.05, 0.1) is 15.2 Å². The van der Waals surface area contributed by atoms with Gasteiger partial charge in [0, 0.05) is 16.8 Å². The van der Waals surface area contributed by atoms with Gasteiger partial charge in [-0.25, -0.2) is 9.98 Å². The van der Waals surface area contributed by atoms with Gasteiger partial charge in [-0.05, 0) is 36.8 Å². The second kappa shape index (κ2) is 5.64. The van der Waals surface area contributed by atoms with Gasteiger partial charge in [0.15, 0.2) is 0 Å². The number of hydrogen-bond donors (Lipinski definition) is 1. The van der Waals surface area contributed by atoms with E-state index in [9.17, 15) is 5.11 Å². The number of aryl methyl sites for hydroxylation is 1. The molecule has 0 aliphatic rings. The lowest BCUT2D eigenvalue weighted by Gasteiger charge is -2.01. The molecule has 0 spiro atoms. The van der Waals surface area contributed by atoms with E-state index in [4.69, 9.17) is 23.2 Å². The molecular weight excluding hydrogens is 327 g/mol. The number of thiazole rings is 1. The largest absolute Gasteiger partial charge is 0.506 e. The number of phenols is 1. The van der Waals surface area contributed by atoms with Crippen molar-refractivity contribution in [1.29, 1.82) is 0 Å². The van der Waals surface area contributed by atoms with Crippen LogP contribution in [0.1, 0.15) is 11.1 Å².